The van der Waals surface area contributed by atoms with Crippen LogP contribution in [0.25, 0.3) is 0 Å². The van der Waals surface area contributed by atoms with Crippen molar-refractivity contribution in [2.45, 2.75) is 51.6 Å². The third-order valence-electron chi connectivity index (χ3n) is 3.44. The maximum absolute atomic E-state index is 12.0. The quantitative estimate of drug-likeness (QED) is 0.652. The average Bonchev–Trinajstić information content (AvgIpc) is 2.15. The molecule has 0 heterocycles. The largest absolute Gasteiger partial charge is 0.370 e. The van der Waals surface area contributed by atoms with Crippen LogP contribution in [0.4, 0.5) is 0 Å². The van der Waals surface area contributed by atoms with Crippen LogP contribution in [0.2, 0.25) is 0 Å². The number of carbonyl (C=O) groups is 2. The Hall–Kier alpha value is -1.10. The predicted octanol–water partition coefficient (Wildman–Crippen LogP) is 0.130. The molecule has 2 amide bonds. The first-order valence-electron chi connectivity index (χ1n) is 6.24. The summed E-state index contributed by atoms with van der Waals surface area (Å²) in [5.74, 6) is -0.0423. The number of carbonyl (C=O) groups excluding carboxylic acids is 2. The fourth-order valence-corrected chi connectivity index (χ4v) is 2.53. The van der Waals surface area contributed by atoms with Gasteiger partial charge >= 0.3 is 0 Å². The minimum Gasteiger partial charge on any atom is -0.370 e. The van der Waals surface area contributed by atoms with Crippen LogP contribution in [-0.4, -0.2) is 23.9 Å². The second-order valence-corrected chi connectivity index (χ2v) is 5.24. The highest BCUT2D eigenvalue weighted by Gasteiger charge is 2.31. The molecule has 0 bridgehead atoms. The summed E-state index contributed by atoms with van der Waals surface area (Å²) in [6, 6.07) is 0.0277. The molecule has 4 unspecified atom stereocenters. The molecule has 1 saturated carbocycles. The first-order chi connectivity index (χ1) is 7.90. The normalized spacial score (nSPS) is 30.6. The van der Waals surface area contributed by atoms with E-state index >= 15 is 0 Å². The second-order valence-electron chi connectivity index (χ2n) is 5.24. The van der Waals surface area contributed by atoms with E-state index in [1.54, 1.807) is 6.92 Å². The zero-order chi connectivity index (χ0) is 13.0. The SMILES string of the molecule is CC(CC(N)=O)NC(=O)C1CCC(N)CC1C. The number of nitrogens with one attached hydrogen (secondary N) is 1. The number of primary amides is 1. The minimum absolute atomic E-state index is 0.0186. The standard InChI is InChI=1S/C12H23N3O2/c1-7-5-9(13)3-4-10(7)12(17)15-8(2)6-11(14)16/h7-10H,3-6,13H2,1-2H3,(H2,14,16)(H,15,17). The van der Waals surface area contributed by atoms with Crippen LogP contribution in [0.5, 0.6) is 0 Å². The predicted molar refractivity (Wildman–Crippen MR) is 65.9 cm³/mol. The minimum atomic E-state index is -0.392. The summed E-state index contributed by atoms with van der Waals surface area (Å²) in [5.41, 5.74) is 10.9. The van der Waals surface area contributed by atoms with Crippen molar-refractivity contribution in [3.8, 4) is 0 Å². The Balaban J connectivity index is 2.44. The van der Waals surface area contributed by atoms with Crippen molar-refractivity contribution in [2.24, 2.45) is 23.3 Å². The molecule has 98 valence electrons. The van der Waals surface area contributed by atoms with Gasteiger partial charge < -0.3 is 16.8 Å². The topological polar surface area (TPSA) is 98.2 Å². The molecular weight excluding hydrogens is 218 g/mol. The van der Waals surface area contributed by atoms with Crippen LogP contribution in [0.15, 0.2) is 0 Å². The molecule has 5 nitrogen and oxygen atoms in total. The summed E-state index contributed by atoms with van der Waals surface area (Å²) in [6.45, 7) is 3.85. The van der Waals surface area contributed by atoms with Gasteiger partial charge in [-0.15, -0.1) is 0 Å². The number of hydrogen-bond acceptors (Lipinski definition) is 3. The number of rotatable bonds is 4. The monoisotopic (exact) mass is 241 g/mol. The highest BCUT2D eigenvalue weighted by molar-refractivity contribution is 5.80. The van der Waals surface area contributed by atoms with Crippen LogP contribution >= 0.6 is 0 Å². The first kappa shape index (κ1) is 14.0. The van der Waals surface area contributed by atoms with Gasteiger partial charge in [0, 0.05) is 24.4 Å². The lowest BCUT2D eigenvalue weighted by Gasteiger charge is -2.32. The van der Waals surface area contributed by atoms with E-state index in [4.69, 9.17) is 11.5 Å². The molecule has 5 N–H and O–H groups in total. The molecule has 5 heteroatoms. The molecule has 0 aromatic carbocycles. The zero-order valence-electron chi connectivity index (χ0n) is 10.6. The van der Waals surface area contributed by atoms with Crippen molar-refractivity contribution < 1.29 is 9.59 Å². The van der Waals surface area contributed by atoms with Gasteiger partial charge in [0.05, 0.1) is 0 Å². The van der Waals surface area contributed by atoms with Gasteiger partial charge in [0.2, 0.25) is 11.8 Å². The molecule has 0 spiro atoms. The van der Waals surface area contributed by atoms with Gasteiger partial charge in [0.15, 0.2) is 0 Å². The van der Waals surface area contributed by atoms with Crippen molar-refractivity contribution in [2.75, 3.05) is 0 Å². The summed E-state index contributed by atoms with van der Waals surface area (Å²) in [6.07, 6.45) is 2.80. The van der Waals surface area contributed by atoms with Crippen molar-refractivity contribution in [3.05, 3.63) is 0 Å². The van der Waals surface area contributed by atoms with Crippen LogP contribution in [0.3, 0.4) is 0 Å². The van der Waals surface area contributed by atoms with Crippen molar-refractivity contribution in [3.63, 3.8) is 0 Å². The first-order valence-corrected chi connectivity index (χ1v) is 6.24. The third kappa shape index (κ3) is 4.34. The Morgan fingerprint density at radius 2 is 2.06 bits per heavy atom. The molecule has 1 aliphatic rings. The van der Waals surface area contributed by atoms with E-state index in [1.165, 1.54) is 0 Å². The van der Waals surface area contributed by atoms with E-state index in [0.717, 1.165) is 19.3 Å². The summed E-state index contributed by atoms with van der Waals surface area (Å²) in [5, 5.41) is 2.85. The lowest BCUT2D eigenvalue weighted by molar-refractivity contribution is -0.128. The fourth-order valence-electron chi connectivity index (χ4n) is 2.53. The van der Waals surface area contributed by atoms with E-state index in [1.807, 2.05) is 0 Å². The lowest BCUT2D eigenvalue weighted by atomic mass is 9.77. The zero-order valence-corrected chi connectivity index (χ0v) is 10.6. The Labute approximate surface area is 102 Å². The van der Waals surface area contributed by atoms with Crippen LogP contribution in [0, 0.1) is 11.8 Å². The Morgan fingerprint density at radius 1 is 1.41 bits per heavy atom. The molecule has 0 aliphatic heterocycles. The van der Waals surface area contributed by atoms with E-state index in [-0.39, 0.29) is 30.3 Å². The molecule has 1 fully saturated rings. The molecule has 1 aliphatic carbocycles. The van der Waals surface area contributed by atoms with E-state index in [0.29, 0.717) is 5.92 Å². The van der Waals surface area contributed by atoms with Gasteiger partial charge in [-0.1, -0.05) is 6.92 Å². The lowest BCUT2D eigenvalue weighted by Crippen LogP contribution is -2.44. The summed E-state index contributed by atoms with van der Waals surface area (Å²) in [7, 11) is 0. The van der Waals surface area contributed by atoms with Crippen LogP contribution < -0.4 is 16.8 Å². The highest BCUT2D eigenvalue weighted by Crippen LogP contribution is 2.29. The van der Waals surface area contributed by atoms with Gasteiger partial charge in [0.1, 0.15) is 0 Å². The summed E-state index contributed by atoms with van der Waals surface area (Å²) < 4.78 is 0. The van der Waals surface area contributed by atoms with Crippen molar-refractivity contribution in [1.82, 2.24) is 5.32 Å². The number of nitrogens with two attached hydrogens (primary N) is 2. The van der Waals surface area contributed by atoms with Crippen LogP contribution in [-0.2, 0) is 9.59 Å². The summed E-state index contributed by atoms with van der Waals surface area (Å²) >= 11 is 0. The molecule has 4 atom stereocenters. The molecule has 17 heavy (non-hydrogen) atoms. The second kappa shape index (κ2) is 6.00. The van der Waals surface area contributed by atoms with Gasteiger partial charge in [0.25, 0.3) is 0 Å². The Kier molecular flexibility index (Phi) is 4.93. The van der Waals surface area contributed by atoms with E-state index in [2.05, 4.69) is 12.2 Å². The highest BCUT2D eigenvalue weighted by atomic mass is 16.2. The molecular formula is C12H23N3O2. The number of amides is 2. The molecule has 0 saturated heterocycles. The molecule has 1 rings (SSSR count). The maximum Gasteiger partial charge on any atom is 0.223 e. The molecule has 0 aromatic rings. The molecule has 0 radical (unpaired) electrons. The van der Waals surface area contributed by atoms with Gasteiger partial charge in [-0.25, -0.2) is 0 Å². The molecule has 0 aromatic heterocycles. The smallest absolute Gasteiger partial charge is 0.223 e. The van der Waals surface area contributed by atoms with Gasteiger partial charge in [-0.2, -0.15) is 0 Å². The van der Waals surface area contributed by atoms with Crippen molar-refractivity contribution >= 4 is 11.8 Å². The fraction of sp³-hybridized carbons (Fsp3) is 0.833. The van der Waals surface area contributed by atoms with Crippen LogP contribution in [0.1, 0.15) is 39.5 Å². The van der Waals surface area contributed by atoms with Gasteiger partial charge in [-0.05, 0) is 32.1 Å². The Bertz CT molecular complexity index is 293. The summed E-state index contributed by atoms with van der Waals surface area (Å²) in [4.78, 5) is 22.7. The van der Waals surface area contributed by atoms with Crippen molar-refractivity contribution in [1.29, 1.82) is 0 Å². The van der Waals surface area contributed by atoms with E-state index < -0.39 is 5.91 Å². The van der Waals surface area contributed by atoms with E-state index in [9.17, 15) is 9.59 Å². The van der Waals surface area contributed by atoms with Gasteiger partial charge in [-0.3, -0.25) is 9.59 Å². The maximum atomic E-state index is 12.0. The Morgan fingerprint density at radius 3 is 2.59 bits per heavy atom. The average molecular weight is 241 g/mol. The third-order valence-corrected chi connectivity index (χ3v) is 3.44. The number of hydrogen-bond donors (Lipinski definition) is 3.